The second-order valence-electron chi connectivity index (χ2n) is 6.40. The van der Waals surface area contributed by atoms with Gasteiger partial charge in [-0.05, 0) is 60.5 Å². The van der Waals surface area contributed by atoms with Crippen molar-refractivity contribution in [3.8, 4) is 11.5 Å². The van der Waals surface area contributed by atoms with E-state index in [1.54, 1.807) is 50.6 Å². The quantitative estimate of drug-likeness (QED) is 0.531. The zero-order valence-electron chi connectivity index (χ0n) is 16.6. The van der Waals surface area contributed by atoms with Gasteiger partial charge in [-0.1, -0.05) is 17.7 Å². The molecule has 1 heterocycles. The van der Waals surface area contributed by atoms with Crippen molar-refractivity contribution in [1.82, 2.24) is 5.32 Å². The number of ether oxygens (including phenoxy) is 2. The van der Waals surface area contributed by atoms with Crippen LogP contribution in [0.15, 0.2) is 63.9 Å². The lowest BCUT2D eigenvalue weighted by Crippen LogP contribution is -2.25. The molecule has 0 unspecified atom stereocenters. The van der Waals surface area contributed by atoms with Crippen molar-refractivity contribution in [3.63, 3.8) is 0 Å². The Kier molecular flexibility index (Phi) is 7.54. The molecular weight excluding hydrogens is 426 g/mol. The van der Waals surface area contributed by atoms with Crippen molar-refractivity contribution in [3.05, 3.63) is 76.7 Å². The van der Waals surface area contributed by atoms with Crippen LogP contribution in [-0.2, 0) is 23.0 Å². The Morgan fingerprint density at radius 2 is 1.93 bits per heavy atom. The Labute approximate surface area is 182 Å². The van der Waals surface area contributed by atoms with Crippen LogP contribution < -0.4 is 14.8 Å². The molecule has 1 N–H and O–H groups in total. The number of nitrogens with one attached hydrogen (secondary N) is 1. The number of hydrogen-bond donors (Lipinski definition) is 1. The fourth-order valence-corrected chi connectivity index (χ4v) is 4.20. The molecule has 2 aromatic carbocycles. The molecule has 0 aliphatic carbocycles. The summed E-state index contributed by atoms with van der Waals surface area (Å²) in [6.45, 7) is 0.396. The number of furan rings is 1. The van der Waals surface area contributed by atoms with E-state index in [1.807, 2.05) is 18.2 Å². The molecule has 3 aromatic rings. The van der Waals surface area contributed by atoms with Crippen LogP contribution in [0.25, 0.3) is 0 Å². The fraction of sp³-hybridized carbons (Fsp3) is 0.227. The van der Waals surface area contributed by atoms with Crippen molar-refractivity contribution in [1.29, 1.82) is 0 Å². The molecule has 1 amide bonds. The van der Waals surface area contributed by atoms with E-state index in [4.69, 9.17) is 25.5 Å². The monoisotopic (exact) mass is 447 g/mol. The summed E-state index contributed by atoms with van der Waals surface area (Å²) in [5.41, 5.74) is 0.925. The lowest BCUT2D eigenvalue weighted by molar-refractivity contribution is 0.0925. The molecular formula is C22H22ClNO5S. The SMILES string of the molecule is COc1ccc(OC)c(CCNC(=O)c2ccc(C[S@@](=O)c3cccc(Cl)c3)o2)c1. The Morgan fingerprint density at radius 1 is 1.10 bits per heavy atom. The fourth-order valence-electron chi connectivity index (χ4n) is 2.87. The van der Waals surface area contributed by atoms with Gasteiger partial charge in [-0.3, -0.25) is 9.00 Å². The van der Waals surface area contributed by atoms with E-state index in [2.05, 4.69) is 5.32 Å². The largest absolute Gasteiger partial charge is 0.497 e. The van der Waals surface area contributed by atoms with E-state index in [-0.39, 0.29) is 17.4 Å². The van der Waals surface area contributed by atoms with Crippen LogP contribution >= 0.6 is 11.6 Å². The number of benzene rings is 2. The van der Waals surface area contributed by atoms with E-state index < -0.39 is 10.8 Å². The predicted octanol–water partition coefficient (Wildman–Crippen LogP) is 4.23. The van der Waals surface area contributed by atoms with Gasteiger partial charge in [0, 0.05) is 16.5 Å². The van der Waals surface area contributed by atoms with Gasteiger partial charge in [-0.25, -0.2) is 0 Å². The highest BCUT2D eigenvalue weighted by molar-refractivity contribution is 7.84. The van der Waals surface area contributed by atoms with Crippen molar-refractivity contribution in [2.24, 2.45) is 0 Å². The zero-order chi connectivity index (χ0) is 21.5. The summed E-state index contributed by atoms with van der Waals surface area (Å²) in [4.78, 5) is 13.0. The predicted molar refractivity (Wildman–Crippen MR) is 116 cm³/mol. The molecule has 1 atom stereocenters. The van der Waals surface area contributed by atoms with E-state index in [0.717, 1.165) is 17.1 Å². The normalized spacial score (nSPS) is 11.7. The van der Waals surface area contributed by atoms with E-state index in [1.165, 1.54) is 0 Å². The number of rotatable bonds is 9. The molecule has 0 spiro atoms. The number of carbonyl (C=O) groups is 1. The smallest absolute Gasteiger partial charge is 0.287 e. The minimum atomic E-state index is -1.32. The van der Waals surface area contributed by atoms with Crippen LogP contribution in [-0.4, -0.2) is 30.9 Å². The van der Waals surface area contributed by atoms with E-state index >= 15 is 0 Å². The number of hydrogen-bond acceptors (Lipinski definition) is 5. The Balaban J connectivity index is 1.56. The Morgan fingerprint density at radius 3 is 2.67 bits per heavy atom. The van der Waals surface area contributed by atoms with Gasteiger partial charge in [-0.15, -0.1) is 0 Å². The van der Waals surface area contributed by atoms with E-state index in [0.29, 0.717) is 28.6 Å². The maximum absolute atomic E-state index is 12.5. The minimum absolute atomic E-state index is 0.161. The second-order valence-corrected chi connectivity index (χ2v) is 8.28. The highest BCUT2D eigenvalue weighted by Gasteiger charge is 2.14. The molecule has 0 saturated heterocycles. The first-order valence-corrected chi connectivity index (χ1v) is 10.9. The van der Waals surface area contributed by atoms with Gasteiger partial charge in [0.05, 0.1) is 30.8 Å². The molecule has 3 rings (SSSR count). The lowest BCUT2D eigenvalue weighted by atomic mass is 10.1. The third kappa shape index (κ3) is 5.64. The van der Waals surface area contributed by atoms with Crippen molar-refractivity contribution in [2.45, 2.75) is 17.1 Å². The summed E-state index contributed by atoms with van der Waals surface area (Å²) in [5.74, 6) is 1.92. The molecule has 6 nitrogen and oxygen atoms in total. The standard InChI is InChI=1S/C22H22ClNO5S/c1-27-17-6-8-20(28-2)15(12-17)10-11-24-22(25)21-9-7-18(29-21)14-30(26)19-5-3-4-16(23)13-19/h3-9,12-13H,10-11,14H2,1-2H3,(H,24,25)/t30-/m1/s1. The summed E-state index contributed by atoms with van der Waals surface area (Å²) in [7, 11) is 1.88. The van der Waals surface area contributed by atoms with Crippen LogP contribution in [0, 0.1) is 0 Å². The molecule has 8 heteroatoms. The molecule has 0 aliphatic heterocycles. The molecule has 158 valence electrons. The van der Waals surface area contributed by atoms with Crippen LogP contribution in [0.3, 0.4) is 0 Å². The summed E-state index contributed by atoms with van der Waals surface area (Å²) < 4.78 is 28.6. The third-order valence-corrected chi connectivity index (χ3v) is 5.95. The van der Waals surface area contributed by atoms with Crippen LogP contribution in [0.1, 0.15) is 21.9 Å². The van der Waals surface area contributed by atoms with Crippen LogP contribution in [0.2, 0.25) is 5.02 Å². The number of amides is 1. The third-order valence-electron chi connectivity index (χ3n) is 4.39. The number of methoxy groups -OCH3 is 2. The first-order valence-electron chi connectivity index (χ1n) is 9.22. The molecule has 0 bridgehead atoms. The zero-order valence-corrected chi connectivity index (χ0v) is 18.2. The van der Waals surface area contributed by atoms with Crippen molar-refractivity contribution < 1.29 is 22.9 Å². The first-order chi connectivity index (χ1) is 14.5. The van der Waals surface area contributed by atoms with Gasteiger partial charge < -0.3 is 19.2 Å². The molecule has 30 heavy (non-hydrogen) atoms. The Hall–Kier alpha value is -2.77. The minimum Gasteiger partial charge on any atom is -0.497 e. The van der Waals surface area contributed by atoms with Crippen molar-refractivity contribution >= 4 is 28.3 Å². The molecule has 0 saturated carbocycles. The highest BCUT2D eigenvalue weighted by atomic mass is 35.5. The molecule has 1 aromatic heterocycles. The molecule has 0 aliphatic rings. The van der Waals surface area contributed by atoms with Crippen LogP contribution in [0.5, 0.6) is 11.5 Å². The van der Waals surface area contributed by atoms with Crippen molar-refractivity contribution in [2.75, 3.05) is 20.8 Å². The summed E-state index contributed by atoms with van der Waals surface area (Å²) in [6, 6.07) is 15.6. The van der Waals surface area contributed by atoms with Crippen LogP contribution in [0.4, 0.5) is 0 Å². The van der Waals surface area contributed by atoms with Gasteiger partial charge in [0.15, 0.2) is 5.76 Å². The number of carbonyl (C=O) groups excluding carboxylic acids is 1. The summed E-state index contributed by atoms with van der Waals surface area (Å²) in [5, 5.41) is 3.34. The maximum Gasteiger partial charge on any atom is 0.287 e. The van der Waals surface area contributed by atoms with Gasteiger partial charge in [0.1, 0.15) is 17.3 Å². The summed E-state index contributed by atoms with van der Waals surface area (Å²) in [6.07, 6.45) is 0.568. The summed E-state index contributed by atoms with van der Waals surface area (Å²) >= 11 is 5.94. The van der Waals surface area contributed by atoms with Gasteiger partial charge >= 0.3 is 0 Å². The average Bonchev–Trinajstić information content (AvgIpc) is 3.22. The number of halogens is 1. The highest BCUT2D eigenvalue weighted by Crippen LogP contribution is 2.24. The topological polar surface area (TPSA) is 77.8 Å². The molecule has 0 radical (unpaired) electrons. The first kappa shape index (κ1) is 21.9. The average molecular weight is 448 g/mol. The second kappa shape index (κ2) is 10.3. The molecule has 0 fully saturated rings. The van der Waals surface area contributed by atoms with Gasteiger partial charge in [-0.2, -0.15) is 0 Å². The lowest BCUT2D eigenvalue weighted by Gasteiger charge is -2.10. The maximum atomic E-state index is 12.5. The van der Waals surface area contributed by atoms with Gasteiger partial charge in [0.25, 0.3) is 5.91 Å². The van der Waals surface area contributed by atoms with E-state index in [9.17, 15) is 9.00 Å². The van der Waals surface area contributed by atoms with Gasteiger partial charge in [0.2, 0.25) is 0 Å². The Bertz CT molecular complexity index is 1050.